The molecule has 6 nitrogen and oxygen atoms in total. The number of amides is 1. The van der Waals surface area contributed by atoms with Crippen molar-refractivity contribution in [1.29, 1.82) is 0 Å². The van der Waals surface area contributed by atoms with Crippen molar-refractivity contribution < 1.29 is 23.8 Å². The Kier molecular flexibility index (Phi) is 14.1. The number of nitrogens with one attached hydrogen (secondary N) is 1. The Hall–Kier alpha value is -2.92. The van der Waals surface area contributed by atoms with E-state index in [0.717, 1.165) is 45.8 Å². The van der Waals surface area contributed by atoms with Crippen LogP contribution in [0.25, 0.3) is 22.5 Å². The zero-order valence-electron chi connectivity index (χ0n) is 26.5. The van der Waals surface area contributed by atoms with Crippen LogP contribution >= 0.6 is 23.4 Å². The van der Waals surface area contributed by atoms with Crippen LogP contribution in [0.15, 0.2) is 83.3 Å². The minimum atomic E-state index is -1.04. The van der Waals surface area contributed by atoms with E-state index in [1.165, 1.54) is 32.1 Å². The normalized spacial score (nSPS) is 14.6. The van der Waals surface area contributed by atoms with Crippen LogP contribution in [0.4, 0.5) is 0 Å². The predicted molar refractivity (Wildman–Crippen MR) is 194 cm³/mol. The molecule has 1 aromatic heterocycles. The van der Waals surface area contributed by atoms with Crippen molar-refractivity contribution in [2.24, 2.45) is 5.92 Å². The van der Waals surface area contributed by atoms with Crippen molar-refractivity contribution in [3.8, 4) is 22.5 Å². The van der Waals surface area contributed by atoms with Crippen LogP contribution in [-0.4, -0.2) is 53.9 Å². The second-order valence-corrected chi connectivity index (χ2v) is 13.5. The van der Waals surface area contributed by atoms with Crippen molar-refractivity contribution in [2.45, 2.75) is 70.6 Å². The monoisotopic (exact) mass is 667 g/mol. The molecule has 0 spiro atoms. The van der Waals surface area contributed by atoms with Gasteiger partial charge in [0.05, 0.1) is 6.61 Å². The number of halogens is 1. The van der Waals surface area contributed by atoms with Gasteiger partial charge in [-0.2, -0.15) is 11.8 Å². The summed E-state index contributed by atoms with van der Waals surface area (Å²) >= 11 is 7.66. The zero-order valence-corrected chi connectivity index (χ0v) is 28.0. The van der Waals surface area contributed by atoms with Gasteiger partial charge in [0.15, 0.2) is 0 Å². The van der Waals surface area contributed by atoms with E-state index in [2.05, 4.69) is 5.32 Å². The number of carboxylic acids is 1. The van der Waals surface area contributed by atoms with E-state index in [1.54, 1.807) is 17.8 Å². The minimum absolute atomic E-state index is 0. The molecule has 2 N–H and O–H groups in total. The Morgan fingerprint density at radius 2 is 1.74 bits per heavy atom. The molecule has 1 amide bonds. The van der Waals surface area contributed by atoms with Crippen LogP contribution in [0.5, 0.6) is 0 Å². The zero-order chi connectivity index (χ0) is 32.5. The summed E-state index contributed by atoms with van der Waals surface area (Å²) in [6.07, 6.45) is 9.09. The Balaban J connectivity index is 0.00000500. The Labute approximate surface area is 299 Å². The van der Waals surface area contributed by atoms with E-state index in [9.17, 15) is 14.7 Å². The Morgan fingerprint density at radius 3 is 2.45 bits per heavy atom. The summed E-state index contributed by atoms with van der Waals surface area (Å²) in [6.45, 7) is 2.34. The molecule has 5 rings (SSSR count). The molecule has 0 saturated heterocycles. The van der Waals surface area contributed by atoms with Crippen LogP contribution in [0, 0.1) is 12.8 Å². The molecule has 0 radical (unpaired) electrons. The summed E-state index contributed by atoms with van der Waals surface area (Å²) in [6, 6.07) is 24.2. The summed E-state index contributed by atoms with van der Waals surface area (Å²) in [4.78, 5) is 25.4. The third-order valence-corrected chi connectivity index (χ3v) is 9.67. The Bertz CT molecular complexity index is 1620. The molecule has 2 unspecified atom stereocenters. The molecular formula is C38H43ClLiNO5S. The number of hydrogen-bond acceptors (Lipinski definition) is 5. The van der Waals surface area contributed by atoms with Gasteiger partial charge in [0, 0.05) is 16.1 Å². The molecule has 4 aromatic rings. The van der Waals surface area contributed by atoms with E-state index >= 15 is 0 Å². The van der Waals surface area contributed by atoms with Crippen molar-refractivity contribution in [3.63, 3.8) is 0 Å². The van der Waals surface area contributed by atoms with Gasteiger partial charge in [0.2, 0.25) is 0 Å². The molecular weight excluding hydrogens is 625 g/mol. The molecule has 244 valence electrons. The fraction of sp³-hybridized carbons (Fsp3) is 0.368. The van der Waals surface area contributed by atoms with Crippen molar-refractivity contribution in [3.05, 3.63) is 106 Å². The van der Waals surface area contributed by atoms with Gasteiger partial charge < -0.3 is 19.6 Å². The van der Waals surface area contributed by atoms with Gasteiger partial charge >= 0.3 is 24.8 Å². The fourth-order valence-corrected chi connectivity index (χ4v) is 6.79. The number of furan rings is 1. The second kappa shape index (κ2) is 18.0. The molecule has 9 heteroatoms. The first-order valence-electron chi connectivity index (χ1n) is 16.0. The van der Waals surface area contributed by atoms with Crippen LogP contribution in [0.1, 0.15) is 78.3 Å². The van der Waals surface area contributed by atoms with Crippen molar-refractivity contribution in [2.75, 3.05) is 12.0 Å². The van der Waals surface area contributed by atoms with Gasteiger partial charge in [-0.05, 0) is 108 Å². The number of benzene rings is 3. The van der Waals surface area contributed by atoms with E-state index < -0.39 is 17.9 Å². The molecule has 0 bridgehead atoms. The van der Waals surface area contributed by atoms with E-state index in [-0.39, 0.29) is 25.0 Å². The average molecular weight is 668 g/mol. The van der Waals surface area contributed by atoms with Crippen LogP contribution in [0.2, 0.25) is 5.02 Å². The topological polar surface area (TPSA) is 88.8 Å². The molecule has 1 aliphatic carbocycles. The number of carbonyl (C=O) groups is 2. The van der Waals surface area contributed by atoms with Gasteiger partial charge in [-0.1, -0.05) is 74.0 Å². The Morgan fingerprint density at radius 1 is 1.00 bits per heavy atom. The molecule has 1 fully saturated rings. The standard InChI is InChI=1S/C38H42ClNO5S.Li.H/c1-25-8-6-7-11-30(25)32-22-27(12-17-31(32)37(41)40-33(38(42)43)20-21-46-2)24-44-36(23-26-9-4-3-5-10-26)35-19-18-34(45-35)28-13-15-29(39)16-14-28;;/h6-8,11-19,22,26,33,36H,3-5,9-10,20-21,23-24H2,1-2H3,(H,40,41)(H,42,43);;. The van der Waals surface area contributed by atoms with Crippen molar-refractivity contribution in [1.82, 2.24) is 5.32 Å². The molecule has 1 heterocycles. The van der Waals surface area contributed by atoms with Gasteiger partial charge in [0.25, 0.3) is 5.91 Å². The molecule has 0 aliphatic heterocycles. The fourth-order valence-electron chi connectivity index (χ4n) is 6.19. The molecule has 3 aromatic carbocycles. The third kappa shape index (κ3) is 10.0. The predicted octanol–water partition coefficient (Wildman–Crippen LogP) is 9.09. The summed E-state index contributed by atoms with van der Waals surface area (Å²) in [5.74, 6) is 1.35. The number of carbonyl (C=O) groups excluding carboxylic acids is 1. The summed E-state index contributed by atoms with van der Waals surface area (Å²) in [5.41, 5.74) is 5.01. The van der Waals surface area contributed by atoms with Crippen LogP contribution in [-0.2, 0) is 16.1 Å². The van der Waals surface area contributed by atoms with E-state index in [0.29, 0.717) is 35.3 Å². The summed E-state index contributed by atoms with van der Waals surface area (Å²) in [5, 5.41) is 13.2. The number of aryl methyl sites for hydroxylation is 1. The number of hydrogen-bond donors (Lipinski definition) is 2. The van der Waals surface area contributed by atoms with E-state index in [4.69, 9.17) is 20.8 Å². The van der Waals surface area contributed by atoms with Gasteiger partial charge in [-0.25, -0.2) is 4.79 Å². The SMILES string of the molecule is CSCCC(NC(=O)c1ccc(COC(CC2CCCCC2)c2ccc(-c3ccc(Cl)cc3)o2)cc1-c1ccccc1C)C(=O)O.[LiH]. The molecule has 2 atom stereocenters. The summed E-state index contributed by atoms with van der Waals surface area (Å²) in [7, 11) is 0. The first kappa shape index (κ1) is 36.9. The number of aliphatic carboxylic acids is 1. The van der Waals surface area contributed by atoms with Gasteiger partial charge in [0.1, 0.15) is 23.7 Å². The molecule has 1 saturated carbocycles. The third-order valence-electron chi connectivity index (χ3n) is 8.77. The maximum absolute atomic E-state index is 13.5. The first-order valence-corrected chi connectivity index (χ1v) is 17.8. The van der Waals surface area contributed by atoms with Crippen LogP contribution in [0.3, 0.4) is 0 Å². The second-order valence-electron chi connectivity index (χ2n) is 12.1. The number of thioether (sulfide) groups is 1. The maximum atomic E-state index is 13.5. The van der Waals surface area contributed by atoms with Gasteiger partial charge in [-0.15, -0.1) is 0 Å². The van der Waals surface area contributed by atoms with E-state index in [1.807, 2.05) is 86.0 Å². The first-order chi connectivity index (χ1) is 22.3. The molecule has 47 heavy (non-hydrogen) atoms. The molecule has 1 aliphatic rings. The summed E-state index contributed by atoms with van der Waals surface area (Å²) < 4.78 is 13.0. The van der Waals surface area contributed by atoms with Crippen LogP contribution < -0.4 is 5.32 Å². The number of rotatable bonds is 14. The average Bonchev–Trinajstić information content (AvgIpc) is 3.56. The van der Waals surface area contributed by atoms with Crippen molar-refractivity contribution >= 4 is 54.1 Å². The van der Waals surface area contributed by atoms with Gasteiger partial charge in [-0.3, -0.25) is 4.79 Å². The number of ether oxygens (including phenoxy) is 1. The quantitative estimate of drug-likeness (QED) is 0.130. The number of carboxylic acid groups (broad SMARTS) is 1.